The molecule has 0 saturated heterocycles. The normalized spacial score (nSPS) is 10.3. The standard InChI is InChI=1S/C15H13N.C3H5NO2S/c1-11-4-3-5-13(8-11)15-7-6-12(2)9-14(15)10-16;4-1-2(7)3(5)6/h3-9H,1-2H3;1,7H,4H2,(H,5,6)/b;2-1-. The number of nitrogens with two attached hydrogens (primary N) is 1. The number of nitriles is 1. The first-order chi connectivity index (χ1) is 10.9. The molecule has 2 aromatic rings. The van der Waals surface area contributed by atoms with Crippen LogP contribution in [0.25, 0.3) is 11.1 Å². The van der Waals surface area contributed by atoms with Crippen molar-refractivity contribution in [2.24, 2.45) is 5.73 Å². The number of carboxylic acids is 1. The Balaban J connectivity index is 0.000000322. The third-order valence-corrected chi connectivity index (χ3v) is 3.34. The average Bonchev–Trinajstić information content (AvgIpc) is 2.54. The van der Waals surface area contributed by atoms with Gasteiger partial charge in [0.15, 0.2) is 0 Å². The summed E-state index contributed by atoms with van der Waals surface area (Å²) >= 11 is 3.46. The molecule has 23 heavy (non-hydrogen) atoms. The summed E-state index contributed by atoms with van der Waals surface area (Å²) in [6.45, 7) is 4.06. The second kappa shape index (κ2) is 8.66. The lowest BCUT2D eigenvalue weighted by Gasteiger charge is -2.06. The number of hydrogen-bond acceptors (Lipinski definition) is 4. The van der Waals surface area contributed by atoms with E-state index >= 15 is 0 Å². The molecule has 118 valence electrons. The molecule has 2 aromatic carbocycles. The van der Waals surface area contributed by atoms with Crippen LogP contribution in [0, 0.1) is 25.2 Å². The topological polar surface area (TPSA) is 87.1 Å². The zero-order chi connectivity index (χ0) is 17.4. The summed E-state index contributed by atoms with van der Waals surface area (Å²) in [6, 6.07) is 16.5. The fourth-order valence-electron chi connectivity index (χ4n) is 1.89. The molecule has 0 atom stereocenters. The maximum Gasteiger partial charge on any atom is 0.343 e. The molecule has 0 aromatic heterocycles. The molecule has 0 amide bonds. The Labute approximate surface area is 141 Å². The zero-order valence-corrected chi connectivity index (χ0v) is 13.8. The number of rotatable bonds is 2. The summed E-state index contributed by atoms with van der Waals surface area (Å²) in [6.07, 6.45) is 0.922. The third-order valence-electron chi connectivity index (χ3n) is 3.00. The van der Waals surface area contributed by atoms with Crippen molar-refractivity contribution in [3.63, 3.8) is 0 Å². The Hall–Kier alpha value is -2.71. The van der Waals surface area contributed by atoms with Crippen molar-refractivity contribution in [3.05, 3.63) is 70.3 Å². The fraction of sp³-hybridized carbons (Fsp3) is 0.111. The molecule has 0 radical (unpaired) electrons. The summed E-state index contributed by atoms with van der Waals surface area (Å²) in [5, 5.41) is 17.1. The van der Waals surface area contributed by atoms with Crippen LogP contribution in [0.1, 0.15) is 16.7 Å². The van der Waals surface area contributed by atoms with E-state index < -0.39 is 5.97 Å². The van der Waals surface area contributed by atoms with Crippen LogP contribution in [0.3, 0.4) is 0 Å². The molecule has 0 bridgehead atoms. The van der Waals surface area contributed by atoms with Crippen LogP contribution in [0.2, 0.25) is 0 Å². The van der Waals surface area contributed by atoms with Gasteiger partial charge in [-0.2, -0.15) is 5.26 Å². The number of aryl methyl sites for hydroxylation is 2. The highest BCUT2D eigenvalue weighted by atomic mass is 32.1. The van der Waals surface area contributed by atoms with Gasteiger partial charge < -0.3 is 10.8 Å². The van der Waals surface area contributed by atoms with Crippen LogP contribution in [0.4, 0.5) is 0 Å². The first-order valence-electron chi connectivity index (χ1n) is 6.81. The van der Waals surface area contributed by atoms with E-state index in [0.717, 1.165) is 28.5 Å². The molecule has 0 spiro atoms. The van der Waals surface area contributed by atoms with Crippen LogP contribution >= 0.6 is 12.6 Å². The Morgan fingerprint density at radius 3 is 2.35 bits per heavy atom. The highest BCUT2D eigenvalue weighted by Gasteiger charge is 2.04. The van der Waals surface area contributed by atoms with E-state index in [-0.39, 0.29) is 4.91 Å². The van der Waals surface area contributed by atoms with Crippen molar-refractivity contribution in [2.45, 2.75) is 13.8 Å². The molecule has 0 saturated carbocycles. The third kappa shape index (κ3) is 5.53. The summed E-state index contributed by atoms with van der Waals surface area (Å²) in [4.78, 5) is 9.57. The molecule has 4 nitrogen and oxygen atoms in total. The van der Waals surface area contributed by atoms with Crippen LogP contribution in [-0.4, -0.2) is 11.1 Å². The Morgan fingerprint density at radius 2 is 1.87 bits per heavy atom. The molecule has 0 aliphatic carbocycles. The first-order valence-corrected chi connectivity index (χ1v) is 7.25. The van der Waals surface area contributed by atoms with Gasteiger partial charge in [-0.05, 0) is 36.6 Å². The van der Waals surface area contributed by atoms with Crippen molar-refractivity contribution in [3.8, 4) is 17.2 Å². The fourth-order valence-corrected chi connectivity index (χ4v) is 1.89. The minimum Gasteiger partial charge on any atom is -0.477 e. The van der Waals surface area contributed by atoms with Gasteiger partial charge >= 0.3 is 5.97 Å². The van der Waals surface area contributed by atoms with Gasteiger partial charge in [-0.15, -0.1) is 12.6 Å². The minimum atomic E-state index is -1.11. The van der Waals surface area contributed by atoms with E-state index in [4.69, 9.17) is 16.1 Å². The Bertz CT molecular complexity index is 777. The van der Waals surface area contributed by atoms with Gasteiger partial charge in [0.05, 0.1) is 11.6 Å². The number of benzene rings is 2. The van der Waals surface area contributed by atoms with E-state index in [1.165, 1.54) is 5.56 Å². The number of hydrogen-bond donors (Lipinski definition) is 3. The number of thiol groups is 1. The van der Waals surface area contributed by atoms with Gasteiger partial charge in [-0.1, -0.05) is 42.0 Å². The lowest BCUT2D eigenvalue weighted by Crippen LogP contribution is -1.96. The summed E-state index contributed by atoms with van der Waals surface area (Å²) in [7, 11) is 0. The highest BCUT2D eigenvalue weighted by Crippen LogP contribution is 2.24. The van der Waals surface area contributed by atoms with E-state index in [9.17, 15) is 4.79 Å². The van der Waals surface area contributed by atoms with Crippen molar-refractivity contribution in [1.29, 1.82) is 5.26 Å². The second-order valence-electron chi connectivity index (χ2n) is 4.89. The van der Waals surface area contributed by atoms with Crippen LogP contribution < -0.4 is 5.73 Å². The van der Waals surface area contributed by atoms with E-state index in [1.54, 1.807) is 0 Å². The minimum absolute atomic E-state index is 0.139. The van der Waals surface area contributed by atoms with Crippen LogP contribution in [0.15, 0.2) is 53.6 Å². The molecular weight excluding hydrogens is 308 g/mol. The number of carboxylic acid groups (broad SMARTS) is 1. The molecule has 3 N–H and O–H groups in total. The first kappa shape index (κ1) is 18.3. The monoisotopic (exact) mass is 326 g/mol. The van der Waals surface area contributed by atoms with Gasteiger partial charge in [-0.25, -0.2) is 4.79 Å². The van der Waals surface area contributed by atoms with Crippen LogP contribution in [-0.2, 0) is 4.79 Å². The smallest absolute Gasteiger partial charge is 0.343 e. The number of nitrogens with zero attached hydrogens (tertiary/aromatic N) is 1. The zero-order valence-electron chi connectivity index (χ0n) is 12.9. The van der Waals surface area contributed by atoms with Gasteiger partial charge in [0.1, 0.15) is 4.91 Å². The summed E-state index contributed by atoms with van der Waals surface area (Å²) in [5.74, 6) is -1.11. The molecule has 0 heterocycles. The van der Waals surface area contributed by atoms with Crippen molar-refractivity contribution in [2.75, 3.05) is 0 Å². The Kier molecular flexibility index (Phi) is 6.91. The predicted octanol–water partition coefficient (Wildman–Crippen LogP) is 3.64. The van der Waals surface area contributed by atoms with Crippen molar-refractivity contribution >= 4 is 18.6 Å². The maximum atomic E-state index is 9.71. The highest BCUT2D eigenvalue weighted by molar-refractivity contribution is 7.85. The van der Waals surface area contributed by atoms with E-state index in [1.807, 2.05) is 37.3 Å². The summed E-state index contributed by atoms with van der Waals surface area (Å²) in [5.41, 5.74) is 9.94. The predicted molar refractivity (Wildman–Crippen MR) is 95.0 cm³/mol. The van der Waals surface area contributed by atoms with Crippen LogP contribution in [0.5, 0.6) is 0 Å². The SMILES string of the molecule is Cc1cccc(-c2ccc(C)cc2C#N)c1.N/C=C(\S)C(=O)O. The second-order valence-corrected chi connectivity index (χ2v) is 5.37. The molecule has 0 fully saturated rings. The lowest BCUT2D eigenvalue weighted by atomic mass is 9.97. The van der Waals surface area contributed by atoms with Gasteiger partial charge in [0.25, 0.3) is 0 Å². The van der Waals surface area contributed by atoms with E-state index in [0.29, 0.717) is 0 Å². The molecule has 2 rings (SSSR count). The van der Waals surface area contributed by atoms with Gasteiger partial charge in [-0.3, -0.25) is 0 Å². The Morgan fingerprint density at radius 1 is 1.22 bits per heavy atom. The van der Waals surface area contributed by atoms with E-state index in [2.05, 4.69) is 37.8 Å². The van der Waals surface area contributed by atoms with Gasteiger partial charge in [0, 0.05) is 6.20 Å². The number of aliphatic carboxylic acids is 1. The quantitative estimate of drug-likeness (QED) is 0.581. The molecular formula is C18H18N2O2S. The largest absolute Gasteiger partial charge is 0.477 e. The average molecular weight is 326 g/mol. The summed E-state index contributed by atoms with van der Waals surface area (Å²) < 4.78 is 0. The molecule has 0 aliphatic heterocycles. The van der Waals surface area contributed by atoms with Crippen molar-refractivity contribution in [1.82, 2.24) is 0 Å². The maximum absolute atomic E-state index is 9.71. The van der Waals surface area contributed by atoms with Crippen molar-refractivity contribution < 1.29 is 9.90 Å². The lowest BCUT2D eigenvalue weighted by molar-refractivity contribution is -0.131. The molecule has 5 heteroatoms. The van der Waals surface area contributed by atoms with Gasteiger partial charge in [0.2, 0.25) is 0 Å². The molecule has 0 unspecified atom stereocenters. The number of carbonyl (C=O) groups is 1. The molecule has 0 aliphatic rings.